The Morgan fingerprint density at radius 2 is 1.94 bits per heavy atom. The van der Waals surface area contributed by atoms with Crippen LogP contribution in [0.4, 0.5) is 5.69 Å². The molecule has 18 heavy (non-hydrogen) atoms. The van der Waals surface area contributed by atoms with Gasteiger partial charge in [-0.2, -0.15) is 0 Å². The van der Waals surface area contributed by atoms with Crippen LogP contribution in [0, 0.1) is 6.92 Å². The summed E-state index contributed by atoms with van der Waals surface area (Å²) in [4.78, 5) is 2.59. The second kappa shape index (κ2) is 6.24. The van der Waals surface area contributed by atoms with Crippen LogP contribution in [0.2, 0.25) is 0 Å². The summed E-state index contributed by atoms with van der Waals surface area (Å²) < 4.78 is 0. The van der Waals surface area contributed by atoms with Crippen LogP contribution < -0.4 is 10.2 Å². The van der Waals surface area contributed by atoms with Gasteiger partial charge in [-0.1, -0.05) is 38.0 Å². The second-order valence-electron chi connectivity index (χ2n) is 5.44. The molecular formula is C16H26N2. The quantitative estimate of drug-likeness (QED) is 0.876. The Hall–Kier alpha value is -1.02. The van der Waals surface area contributed by atoms with Gasteiger partial charge in [0.1, 0.15) is 0 Å². The Bertz CT molecular complexity index is 358. The molecule has 0 aromatic heterocycles. The first kappa shape index (κ1) is 13.4. The minimum atomic E-state index is 0.640. The molecule has 1 aliphatic rings. The molecule has 2 rings (SSSR count). The molecule has 1 heterocycles. The van der Waals surface area contributed by atoms with Gasteiger partial charge in [-0.05, 0) is 31.9 Å². The number of anilines is 1. The molecule has 0 bridgehead atoms. The molecule has 2 unspecified atom stereocenters. The van der Waals surface area contributed by atoms with Crippen LogP contribution in [0.15, 0.2) is 24.3 Å². The third-order valence-corrected chi connectivity index (χ3v) is 3.97. The molecule has 1 saturated heterocycles. The van der Waals surface area contributed by atoms with Gasteiger partial charge in [0, 0.05) is 30.9 Å². The number of benzene rings is 1. The number of rotatable bonds is 4. The molecule has 0 radical (unpaired) electrons. The van der Waals surface area contributed by atoms with Crippen molar-refractivity contribution in [1.29, 1.82) is 0 Å². The summed E-state index contributed by atoms with van der Waals surface area (Å²) in [7, 11) is 0. The summed E-state index contributed by atoms with van der Waals surface area (Å²) in [5.74, 6) is 0. The van der Waals surface area contributed by atoms with Gasteiger partial charge in [0.2, 0.25) is 0 Å². The molecule has 0 saturated carbocycles. The van der Waals surface area contributed by atoms with Crippen molar-refractivity contribution < 1.29 is 0 Å². The largest absolute Gasteiger partial charge is 0.366 e. The van der Waals surface area contributed by atoms with E-state index in [9.17, 15) is 0 Å². The maximum Gasteiger partial charge on any atom is 0.0412 e. The predicted molar refractivity (Wildman–Crippen MR) is 79.3 cm³/mol. The zero-order chi connectivity index (χ0) is 13.0. The molecule has 1 N–H and O–H groups in total. The van der Waals surface area contributed by atoms with Crippen molar-refractivity contribution in [2.75, 3.05) is 18.0 Å². The molecular weight excluding hydrogens is 220 g/mol. The molecule has 2 nitrogen and oxygen atoms in total. The van der Waals surface area contributed by atoms with E-state index in [0.717, 1.165) is 13.1 Å². The molecule has 0 aliphatic carbocycles. The summed E-state index contributed by atoms with van der Waals surface area (Å²) >= 11 is 0. The zero-order valence-corrected chi connectivity index (χ0v) is 11.9. The molecule has 1 aromatic carbocycles. The van der Waals surface area contributed by atoms with E-state index in [1.807, 2.05) is 0 Å². The van der Waals surface area contributed by atoms with Gasteiger partial charge in [0.05, 0.1) is 0 Å². The van der Waals surface area contributed by atoms with Crippen LogP contribution in [-0.2, 0) is 0 Å². The molecule has 1 fully saturated rings. The van der Waals surface area contributed by atoms with Crippen molar-refractivity contribution in [3.63, 3.8) is 0 Å². The van der Waals surface area contributed by atoms with E-state index in [1.165, 1.54) is 30.5 Å². The van der Waals surface area contributed by atoms with Crippen molar-refractivity contribution in [2.24, 2.45) is 0 Å². The maximum atomic E-state index is 3.69. The summed E-state index contributed by atoms with van der Waals surface area (Å²) in [5.41, 5.74) is 2.72. The highest BCUT2D eigenvalue weighted by molar-refractivity contribution is 5.49. The summed E-state index contributed by atoms with van der Waals surface area (Å²) in [6.07, 6.45) is 3.74. The lowest BCUT2D eigenvalue weighted by Crippen LogP contribution is -2.56. The Balaban J connectivity index is 2.12. The number of aryl methyl sites for hydroxylation is 1. The number of nitrogens with one attached hydrogen (secondary N) is 1. The van der Waals surface area contributed by atoms with Crippen molar-refractivity contribution in [3.05, 3.63) is 29.8 Å². The predicted octanol–water partition coefficient (Wildman–Crippen LogP) is 3.35. The summed E-state index contributed by atoms with van der Waals surface area (Å²) in [6.45, 7) is 8.97. The smallest absolute Gasteiger partial charge is 0.0412 e. The number of hydrogen-bond acceptors (Lipinski definition) is 2. The third-order valence-electron chi connectivity index (χ3n) is 3.97. The first-order chi connectivity index (χ1) is 8.74. The minimum Gasteiger partial charge on any atom is -0.366 e. The van der Waals surface area contributed by atoms with E-state index in [2.05, 4.69) is 55.3 Å². The van der Waals surface area contributed by atoms with E-state index >= 15 is 0 Å². The van der Waals surface area contributed by atoms with E-state index in [0.29, 0.717) is 12.1 Å². The Morgan fingerprint density at radius 1 is 1.22 bits per heavy atom. The van der Waals surface area contributed by atoms with Crippen LogP contribution in [-0.4, -0.2) is 25.2 Å². The average Bonchev–Trinajstić information content (AvgIpc) is 2.40. The van der Waals surface area contributed by atoms with Crippen LogP contribution in [0.1, 0.15) is 38.7 Å². The van der Waals surface area contributed by atoms with Gasteiger partial charge in [0.15, 0.2) is 0 Å². The van der Waals surface area contributed by atoms with Crippen LogP contribution >= 0.6 is 0 Å². The van der Waals surface area contributed by atoms with E-state index in [4.69, 9.17) is 0 Å². The van der Waals surface area contributed by atoms with Gasteiger partial charge in [-0.15, -0.1) is 0 Å². The lowest BCUT2D eigenvalue weighted by atomic mass is 10.0. The highest BCUT2D eigenvalue weighted by Crippen LogP contribution is 2.22. The minimum absolute atomic E-state index is 0.640. The lowest BCUT2D eigenvalue weighted by molar-refractivity contribution is 0.369. The highest BCUT2D eigenvalue weighted by Gasteiger charge is 2.26. The summed E-state index contributed by atoms with van der Waals surface area (Å²) in [5, 5.41) is 3.69. The van der Waals surface area contributed by atoms with Crippen LogP contribution in [0.3, 0.4) is 0 Å². The fourth-order valence-electron chi connectivity index (χ4n) is 2.82. The molecule has 2 atom stereocenters. The first-order valence-electron chi connectivity index (χ1n) is 7.31. The Kier molecular flexibility index (Phi) is 4.65. The number of piperazine rings is 1. The Morgan fingerprint density at radius 3 is 2.56 bits per heavy atom. The number of nitrogens with zero attached hydrogens (tertiary/aromatic N) is 1. The highest BCUT2D eigenvalue weighted by atomic mass is 15.2. The topological polar surface area (TPSA) is 15.3 Å². The first-order valence-corrected chi connectivity index (χ1v) is 7.31. The van der Waals surface area contributed by atoms with E-state index in [-0.39, 0.29) is 0 Å². The Labute approximate surface area is 111 Å². The fourth-order valence-corrected chi connectivity index (χ4v) is 2.82. The second-order valence-corrected chi connectivity index (χ2v) is 5.44. The van der Waals surface area contributed by atoms with Gasteiger partial charge < -0.3 is 10.2 Å². The van der Waals surface area contributed by atoms with E-state index in [1.54, 1.807) is 0 Å². The van der Waals surface area contributed by atoms with Gasteiger partial charge in [-0.25, -0.2) is 0 Å². The number of hydrogen-bond donors (Lipinski definition) is 1. The molecule has 2 heteroatoms. The zero-order valence-electron chi connectivity index (χ0n) is 11.9. The monoisotopic (exact) mass is 246 g/mol. The van der Waals surface area contributed by atoms with Crippen LogP contribution in [0.25, 0.3) is 0 Å². The normalized spacial score (nSPS) is 24.3. The van der Waals surface area contributed by atoms with Crippen LogP contribution in [0.5, 0.6) is 0 Å². The summed E-state index contributed by atoms with van der Waals surface area (Å²) in [6, 6.07) is 10.3. The van der Waals surface area contributed by atoms with Crippen molar-refractivity contribution in [3.8, 4) is 0 Å². The fraction of sp³-hybridized carbons (Fsp3) is 0.625. The molecule has 0 spiro atoms. The molecule has 1 aromatic rings. The van der Waals surface area contributed by atoms with Gasteiger partial charge in [0.25, 0.3) is 0 Å². The maximum absolute atomic E-state index is 3.69. The average molecular weight is 246 g/mol. The van der Waals surface area contributed by atoms with Crippen molar-refractivity contribution >= 4 is 5.69 Å². The van der Waals surface area contributed by atoms with Crippen molar-refractivity contribution in [2.45, 2.75) is 52.1 Å². The van der Waals surface area contributed by atoms with Gasteiger partial charge >= 0.3 is 0 Å². The molecule has 1 aliphatic heterocycles. The lowest BCUT2D eigenvalue weighted by Gasteiger charge is -2.42. The van der Waals surface area contributed by atoms with E-state index < -0.39 is 0 Å². The molecule has 100 valence electrons. The standard InChI is InChI=1S/C16H26N2/c1-4-6-14-12-18(15(5-2)11-17-14)16-9-7-13(3)8-10-16/h7-10,14-15,17H,4-6,11-12H2,1-3H3. The van der Waals surface area contributed by atoms with Crippen molar-refractivity contribution in [1.82, 2.24) is 5.32 Å². The molecule has 0 amide bonds. The third kappa shape index (κ3) is 3.05. The van der Waals surface area contributed by atoms with Gasteiger partial charge in [-0.3, -0.25) is 0 Å². The SMILES string of the molecule is CCCC1CN(c2ccc(C)cc2)C(CC)CN1.